The first kappa shape index (κ1) is 16.2. The van der Waals surface area contributed by atoms with Crippen molar-refractivity contribution in [2.24, 2.45) is 0 Å². The summed E-state index contributed by atoms with van der Waals surface area (Å²) < 4.78 is 2.57. The highest BCUT2D eigenvalue weighted by Crippen LogP contribution is 2.23. The molecule has 21 heavy (non-hydrogen) atoms. The van der Waals surface area contributed by atoms with Crippen LogP contribution in [0.3, 0.4) is 0 Å². The number of rotatable bonds is 5. The number of hydrogen-bond acceptors (Lipinski definition) is 3. The van der Waals surface area contributed by atoms with Crippen molar-refractivity contribution in [2.45, 2.75) is 13.5 Å². The van der Waals surface area contributed by atoms with Gasteiger partial charge in [0.1, 0.15) is 5.69 Å². The molecule has 0 unspecified atom stereocenters. The minimum absolute atomic E-state index is 0.114. The second-order valence-corrected chi connectivity index (χ2v) is 6.42. The van der Waals surface area contributed by atoms with Crippen LogP contribution >= 0.6 is 27.5 Å². The molecule has 4 nitrogen and oxygen atoms in total. The molecule has 1 aromatic carbocycles. The van der Waals surface area contributed by atoms with Gasteiger partial charge in [0.05, 0.1) is 17.8 Å². The number of aromatic nitrogens is 2. The molecule has 0 bridgehead atoms. The summed E-state index contributed by atoms with van der Waals surface area (Å²) in [5.74, 6) is -0.114. The van der Waals surface area contributed by atoms with Crippen LogP contribution < -0.4 is 0 Å². The fourth-order valence-electron chi connectivity index (χ4n) is 1.92. The van der Waals surface area contributed by atoms with Gasteiger partial charge in [-0.15, -0.1) is 0 Å². The lowest BCUT2D eigenvalue weighted by atomic mass is 10.1. The van der Waals surface area contributed by atoms with E-state index in [1.807, 2.05) is 44.1 Å². The summed E-state index contributed by atoms with van der Waals surface area (Å²) in [6.07, 6.45) is 1.52. The van der Waals surface area contributed by atoms with Crippen LogP contribution in [0, 0.1) is 6.92 Å². The van der Waals surface area contributed by atoms with Crippen LogP contribution in [0.5, 0.6) is 0 Å². The Morgan fingerprint density at radius 1 is 1.43 bits per heavy atom. The van der Waals surface area contributed by atoms with Crippen molar-refractivity contribution in [3.63, 3.8) is 0 Å². The van der Waals surface area contributed by atoms with Crippen LogP contribution in [-0.4, -0.2) is 41.1 Å². The number of likely N-dealkylation sites (N-methyl/N-ethyl adjacent to an activating group) is 1. The molecule has 0 fully saturated rings. The average molecular weight is 371 g/mol. The minimum Gasteiger partial charge on any atom is -0.308 e. The molecule has 0 aliphatic heterocycles. The molecule has 0 N–H and O–H groups in total. The summed E-state index contributed by atoms with van der Waals surface area (Å²) in [5, 5.41) is 4.58. The fraction of sp³-hybridized carbons (Fsp3) is 0.333. The van der Waals surface area contributed by atoms with Gasteiger partial charge in [0, 0.05) is 16.6 Å². The van der Waals surface area contributed by atoms with Crippen LogP contribution in [0.1, 0.15) is 21.6 Å². The van der Waals surface area contributed by atoms with Gasteiger partial charge in [0.25, 0.3) is 0 Å². The summed E-state index contributed by atoms with van der Waals surface area (Å²) >= 11 is 9.60. The van der Waals surface area contributed by atoms with E-state index in [1.54, 1.807) is 4.68 Å². The molecule has 1 heterocycles. The molecule has 0 atom stereocenters. The number of carbonyl (C=O) groups excluding carboxylic acids is 1. The molecular formula is C15H17BrClN3O. The Kier molecular flexibility index (Phi) is 5.19. The van der Waals surface area contributed by atoms with Gasteiger partial charge in [0.2, 0.25) is 5.78 Å². The Morgan fingerprint density at radius 2 is 2.14 bits per heavy atom. The van der Waals surface area contributed by atoms with Gasteiger partial charge in [-0.25, -0.2) is 0 Å². The monoisotopic (exact) mass is 369 g/mol. The van der Waals surface area contributed by atoms with E-state index in [2.05, 4.69) is 21.0 Å². The molecule has 0 aliphatic carbocycles. The van der Waals surface area contributed by atoms with E-state index in [0.29, 0.717) is 22.8 Å². The molecule has 0 saturated carbocycles. The SMILES string of the molecule is Cc1ccc(C(=O)c2c(Cl)cnn2CCN(C)C)cc1Br. The fourth-order valence-corrected chi connectivity index (χ4v) is 2.53. The third kappa shape index (κ3) is 3.73. The van der Waals surface area contributed by atoms with Gasteiger partial charge >= 0.3 is 0 Å². The quantitative estimate of drug-likeness (QED) is 0.757. The van der Waals surface area contributed by atoms with E-state index in [1.165, 1.54) is 6.20 Å². The second kappa shape index (κ2) is 6.73. The highest BCUT2D eigenvalue weighted by atomic mass is 79.9. The molecule has 112 valence electrons. The normalized spacial score (nSPS) is 11.1. The van der Waals surface area contributed by atoms with Crippen molar-refractivity contribution < 1.29 is 4.79 Å². The first-order valence-electron chi connectivity index (χ1n) is 6.57. The maximum atomic E-state index is 12.7. The highest BCUT2D eigenvalue weighted by Gasteiger charge is 2.19. The number of aryl methyl sites for hydroxylation is 1. The average Bonchev–Trinajstić information content (AvgIpc) is 2.80. The van der Waals surface area contributed by atoms with Gasteiger partial charge in [0.15, 0.2) is 0 Å². The first-order chi connectivity index (χ1) is 9.90. The lowest BCUT2D eigenvalue weighted by Gasteiger charge is -2.12. The second-order valence-electron chi connectivity index (χ2n) is 5.16. The number of benzene rings is 1. The number of nitrogens with zero attached hydrogens (tertiary/aromatic N) is 3. The predicted octanol–water partition coefficient (Wildman–Crippen LogP) is 3.40. The summed E-state index contributed by atoms with van der Waals surface area (Å²) in [5.41, 5.74) is 2.12. The summed E-state index contributed by atoms with van der Waals surface area (Å²) in [6, 6.07) is 5.53. The van der Waals surface area contributed by atoms with Crippen molar-refractivity contribution in [3.05, 3.63) is 50.7 Å². The van der Waals surface area contributed by atoms with Crippen molar-refractivity contribution in [2.75, 3.05) is 20.6 Å². The molecule has 0 radical (unpaired) electrons. The van der Waals surface area contributed by atoms with E-state index in [4.69, 9.17) is 11.6 Å². The Labute approximate surface area is 137 Å². The van der Waals surface area contributed by atoms with Crippen LogP contribution in [0.15, 0.2) is 28.9 Å². The van der Waals surface area contributed by atoms with Crippen molar-refractivity contribution >= 4 is 33.3 Å². The highest BCUT2D eigenvalue weighted by molar-refractivity contribution is 9.10. The van der Waals surface area contributed by atoms with Crippen LogP contribution in [0.25, 0.3) is 0 Å². The molecule has 1 aromatic heterocycles. The van der Waals surface area contributed by atoms with Crippen molar-refractivity contribution in [3.8, 4) is 0 Å². The third-order valence-electron chi connectivity index (χ3n) is 3.20. The lowest BCUT2D eigenvalue weighted by Crippen LogP contribution is -2.21. The smallest absolute Gasteiger partial charge is 0.212 e. The van der Waals surface area contributed by atoms with Crippen molar-refractivity contribution in [1.82, 2.24) is 14.7 Å². The predicted molar refractivity (Wildman–Crippen MR) is 88.1 cm³/mol. The Bertz CT molecular complexity index is 667. The van der Waals surface area contributed by atoms with E-state index in [9.17, 15) is 4.79 Å². The van der Waals surface area contributed by atoms with Crippen molar-refractivity contribution in [1.29, 1.82) is 0 Å². The lowest BCUT2D eigenvalue weighted by molar-refractivity contribution is 0.102. The third-order valence-corrected chi connectivity index (χ3v) is 4.33. The van der Waals surface area contributed by atoms with Gasteiger partial charge in [-0.3, -0.25) is 9.48 Å². The molecule has 2 aromatic rings. The maximum Gasteiger partial charge on any atom is 0.212 e. The number of carbonyl (C=O) groups is 1. The van der Waals surface area contributed by atoms with Gasteiger partial charge in [-0.1, -0.05) is 39.7 Å². The van der Waals surface area contributed by atoms with Gasteiger partial charge in [-0.2, -0.15) is 5.10 Å². The summed E-state index contributed by atoms with van der Waals surface area (Å²) in [7, 11) is 3.95. The standard InChI is InChI=1S/C15H17BrClN3O/c1-10-4-5-11(8-12(10)16)15(21)14-13(17)9-18-20(14)7-6-19(2)3/h4-5,8-9H,6-7H2,1-3H3. The summed E-state index contributed by atoms with van der Waals surface area (Å²) in [6.45, 7) is 3.39. The molecule has 0 amide bonds. The topological polar surface area (TPSA) is 38.1 Å². The molecule has 0 spiro atoms. The molecular weight excluding hydrogens is 354 g/mol. The van der Waals surface area contributed by atoms with Gasteiger partial charge in [-0.05, 0) is 32.6 Å². The first-order valence-corrected chi connectivity index (χ1v) is 7.74. The van der Waals surface area contributed by atoms with E-state index >= 15 is 0 Å². The van der Waals surface area contributed by atoms with E-state index in [-0.39, 0.29) is 5.78 Å². The number of ketones is 1. The largest absolute Gasteiger partial charge is 0.308 e. The zero-order chi connectivity index (χ0) is 15.6. The molecule has 2 rings (SSSR count). The zero-order valence-corrected chi connectivity index (χ0v) is 14.6. The van der Waals surface area contributed by atoms with Crippen LogP contribution in [0.2, 0.25) is 5.02 Å². The Balaban J connectivity index is 2.34. The minimum atomic E-state index is -0.114. The zero-order valence-electron chi connectivity index (χ0n) is 12.2. The molecule has 0 saturated heterocycles. The molecule has 6 heteroatoms. The Hall–Kier alpha value is -1.17. The van der Waals surface area contributed by atoms with Crippen LogP contribution in [-0.2, 0) is 6.54 Å². The summed E-state index contributed by atoms with van der Waals surface area (Å²) in [4.78, 5) is 14.7. The number of hydrogen-bond donors (Lipinski definition) is 0. The molecule has 0 aliphatic rings. The van der Waals surface area contributed by atoms with Gasteiger partial charge < -0.3 is 4.90 Å². The van der Waals surface area contributed by atoms with E-state index in [0.717, 1.165) is 16.6 Å². The Morgan fingerprint density at radius 3 is 2.76 bits per heavy atom. The number of halogens is 2. The van der Waals surface area contributed by atoms with E-state index < -0.39 is 0 Å². The maximum absolute atomic E-state index is 12.7. The van der Waals surface area contributed by atoms with Crippen LogP contribution in [0.4, 0.5) is 0 Å².